The van der Waals surface area contributed by atoms with E-state index in [1.54, 1.807) is 4.90 Å². The largest absolute Gasteiger partial charge is 0.418 e. The molecule has 3 fully saturated rings. The van der Waals surface area contributed by atoms with Crippen LogP contribution in [0.15, 0.2) is 18.2 Å². The van der Waals surface area contributed by atoms with E-state index >= 15 is 0 Å². The summed E-state index contributed by atoms with van der Waals surface area (Å²) in [6.07, 6.45) is 3.15. The molecule has 3 aliphatic rings. The van der Waals surface area contributed by atoms with Crippen molar-refractivity contribution in [1.29, 1.82) is 0 Å². The van der Waals surface area contributed by atoms with E-state index in [4.69, 9.17) is 0 Å². The van der Waals surface area contributed by atoms with Crippen LogP contribution in [0, 0.1) is 5.41 Å². The summed E-state index contributed by atoms with van der Waals surface area (Å²) in [5.74, 6) is -0.287. The molecular formula is C23H30F3N3O2. The first kappa shape index (κ1) is 22.0. The number of alkyl halides is 3. The molecule has 0 aromatic heterocycles. The van der Waals surface area contributed by atoms with Crippen molar-refractivity contribution in [2.45, 2.75) is 70.5 Å². The van der Waals surface area contributed by atoms with Gasteiger partial charge in [-0.25, -0.2) is 0 Å². The summed E-state index contributed by atoms with van der Waals surface area (Å²) >= 11 is 0. The fourth-order valence-corrected chi connectivity index (χ4v) is 5.62. The first-order valence-corrected chi connectivity index (χ1v) is 11.2. The van der Waals surface area contributed by atoms with Gasteiger partial charge in [0, 0.05) is 44.0 Å². The van der Waals surface area contributed by atoms with Crippen LogP contribution in [-0.2, 0) is 15.8 Å². The van der Waals surface area contributed by atoms with E-state index in [1.165, 1.54) is 25.5 Å². The van der Waals surface area contributed by atoms with Crippen LogP contribution in [0.5, 0.6) is 0 Å². The summed E-state index contributed by atoms with van der Waals surface area (Å²) in [6, 6.07) is 4.20. The van der Waals surface area contributed by atoms with Crippen LogP contribution in [0.2, 0.25) is 0 Å². The highest BCUT2D eigenvalue weighted by atomic mass is 19.4. The maximum absolute atomic E-state index is 13.9. The third-order valence-corrected chi connectivity index (χ3v) is 7.10. The molecule has 170 valence electrons. The van der Waals surface area contributed by atoms with Gasteiger partial charge < -0.3 is 15.1 Å². The summed E-state index contributed by atoms with van der Waals surface area (Å²) in [6.45, 7) is 2.78. The number of likely N-dealkylation sites (tertiary alicyclic amines) is 1. The molecule has 0 radical (unpaired) electrons. The summed E-state index contributed by atoms with van der Waals surface area (Å²) in [4.78, 5) is 28.5. The van der Waals surface area contributed by atoms with Crippen molar-refractivity contribution in [2.75, 3.05) is 29.9 Å². The van der Waals surface area contributed by atoms with Crippen LogP contribution >= 0.6 is 0 Å². The molecular weight excluding hydrogens is 407 g/mol. The Labute approximate surface area is 181 Å². The Hall–Kier alpha value is -2.25. The number of nitrogens with zero attached hydrogens (tertiary/aromatic N) is 2. The third kappa shape index (κ3) is 4.39. The molecule has 2 saturated heterocycles. The Morgan fingerprint density at radius 3 is 2.52 bits per heavy atom. The summed E-state index contributed by atoms with van der Waals surface area (Å²) < 4.78 is 41.6. The number of rotatable bonds is 3. The topological polar surface area (TPSA) is 52.7 Å². The van der Waals surface area contributed by atoms with E-state index in [-0.39, 0.29) is 17.3 Å². The second-order valence-electron chi connectivity index (χ2n) is 9.26. The first-order valence-electron chi connectivity index (χ1n) is 11.2. The molecule has 31 heavy (non-hydrogen) atoms. The average Bonchev–Trinajstić information content (AvgIpc) is 3.03. The fraction of sp³-hybridized carbons (Fsp3) is 0.652. The minimum Gasteiger partial charge on any atom is -0.370 e. The lowest BCUT2D eigenvalue weighted by Gasteiger charge is -2.42. The minimum atomic E-state index is -4.55. The molecule has 0 bridgehead atoms. The predicted octanol–water partition coefficient (Wildman–Crippen LogP) is 4.82. The van der Waals surface area contributed by atoms with Gasteiger partial charge in [0.05, 0.1) is 11.0 Å². The van der Waals surface area contributed by atoms with E-state index in [2.05, 4.69) is 5.32 Å². The van der Waals surface area contributed by atoms with Gasteiger partial charge in [-0.3, -0.25) is 9.59 Å². The maximum atomic E-state index is 13.9. The Morgan fingerprint density at radius 2 is 1.84 bits per heavy atom. The van der Waals surface area contributed by atoms with Gasteiger partial charge in [0.15, 0.2) is 0 Å². The van der Waals surface area contributed by atoms with Crippen LogP contribution < -0.4 is 10.2 Å². The number of amides is 2. The van der Waals surface area contributed by atoms with E-state index < -0.39 is 23.1 Å². The molecule has 1 N–H and O–H groups in total. The van der Waals surface area contributed by atoms with Gasteiger partial charge in [-0.2, -0.15) is 13.2 Å². The molecule has 1 saturated carbocycles. The van der Waals surface area contributed by atoms with E-state index in [9.17, 15) is 22.8 Å². The van der Waals surface area contributed by atoms with Crippen molar-refractivity contribution < 1.29 is 22.8 Å². The zero-order valence-corrected chi connectivity index (χ0v) is 17.9. The summed E-state index contributed by atoms with van der Waals surface area (Å²) in [5, 5.41) is 2.43. The minimum absolute atomic E-state index is 0.0876. The highest BCUT2D eigenvalue weighted by molar-refractivity contribution is 5.89. The number of piperidine rings is 1. The smallest absolute Gasteiger partial charge is 0.370 e. The van der Waals surface area contributed by atoms with Crippen LogP contribution in [0.4, 0.5) is 24.5 Å². The second-order valence-corrected chi connectivity index (χ2v) is 9.26. The number of carbonyl (C=O) groups excluding carboxylic acids is 2. The number of hydrogen-bond donors (Lipinski definition) is 1. The monoisotopic (exact) mass is 437 g/mol. The van der Waals surface area contributed by atoms with Crippen molar-refractivity contribution in [2.24, 2.45) is 5.41 Å². The van der Waals surface area contributed by atoms with Gasteiger partial charge in [0.2, 0.25) is 11.8 Å². The number of anilines is 2. The zero-order chi connectivity index (χ0) is 22.2. The lowest BCUT2D eigenvalue weighted by atomic mass is 9.78. The number of carbonyl (C=O) groups is 2. The van der Waals surface area contributed by atoms with Gasteiger partial charge in [0.25, 0.3) is 0 Å². The molecule has 8 heteroatoms. The second kappa shape index (κ2) is 8.36. The van der Waals surface area contributed by atoms with Crippen LogP contribution in [0.1, 0.15) is 63.9 Å². The van der Waals surface area contributed by atoms with E-state index in [0.29, 0.717) is 38.5 Å². The highest BCUT2D eigenvalue weighted by Crippen LogP contribution is 2.46. The van der Waals surface area contributed by atoms with E-state index in [0.717, 1.165) is 38.2 Å². The van der Waals surface area contributed by atoms with Crippen molar-refractivity contribution in [3.8, 4) is 0 Å². The predicted molar refractivity (Wildman–Crippen MR) is 113 cm³/mol. The van der Waals surface area contributed by atoms with Crippen LogP contribution in [0.3, 0.4) is 0 Å². The maximum Gasteiger partial charge on any atom is 0.418 e. The summed E-state index contributed by atoms with van der Waals surface area (Å²) in [7, 11) is 0. The molecule has 5 nitrogen and oxygen atoms in total. The van der Waals surface area contributed by atoms with Gasteiger partial charge in [-0.15, -0.1) is 0 Å². The van der Waals surface area contributed by atoms with Gasteiger partial charge in [-0.05, 0) is 50.3 Å². The van der Waals surface area contributed by atoms with Gasteiger partial charge in [0.1, 0.15) is 0 Å². The molecule has 1 atom stereocenters. The van der Waals surface area contributed by atoms with Gasteiger partial charge >= 0.3 is 6.18 Å². The molecule has 0 unspecified atom stereocenters. The van der Waals surface area contributed by atoms with Crippen molar-refractivity contribution >= 4 is 23.2 Å². The molecule has 1 aromatic carbocycles. The van der Waals surface area contributed by atoms with E-state index in [1.807, 2.05) is 4.90 Å². The Morgan fingerprint density at radius 1 is 1.10 bits per heavy atom. The number of benzene rings is 1. The number of hydrogen-bond acceptors (Lipinski definition) is 3. The molecule has 1 aliphatic carbocycles. The summed E-state index contributed by atoms with van der Waals surface area (Å²) in [5.41, 5.74) is -1.15. The van der Waals surface area contributed by atoms with Crippen molar-refractivity contribution in [3.63, 3.8) is 0 Å². The molecule has 2 heterocycles. The lowest BCUT2D eigenvalue weighted by molar-refractivity contribution is -0.139. The fourth-order valence-electron chi connectivity index (χ4n) is 5.62. The molecule has 4 rings (SSSR count). The van der Waals surface area contributed by atoms with Gasteiger partial charge in [-0.1, -0.05) is 19.3 Å². The standard InChI is InChI=1S/C23H30F3N3O2/c1-16(30)27-17-8-9-20(19(14-17)23(24,25)26)28-12-5-10-22(15-28)11-13-29(21(22)31)18-6-3-2-4-7-18/h8-9,14,18H,2-7,10-13,15H2,1H3,(H,27,30)/t22-/m0/s1. The molecule has 1 aromatic rings. The SMILES string of the molecule is CC(=O)Nc1ccc(N2CCC[C@]3(CCN(C4CCCCC4)C3=O)C2)c(C(F)(F)F)c1. The number of nitrogens with one attached hydrogen (secondary N) is 1. The highest BCUT2D eigenvalue weighted by Gasteiger charge is 2.51. The quantitative estimate of drug-likeness (QED) is 0.738. The number of halogens is 3. The van der Waals surface area contributed by atoms with Crippen LogP contribution in [0.25, 0.3) is 0 Å². The molecule has 1 spiro atoms. The molecule has 2 aliphatic heterocycles. The van der Waals surface area contributed by atoms with Crippen LogP contribution in [-0.4, -0.2) is 42.4 Å². The van der Waals surface area contributed by atoms with Crippen molar-refractivity contribution in [1.82, 2.24) is 4.90 Å². The Bertz CT molecular complexity index is 851. The average molecular weight is 438 g/mol. The third-order valence-electron chi connectivity index (χ3n) is 7.10. The Kier molecular flexibility index (Phi) is 5.92. The first-order chi connectivity index (χ1) is 14.7. The lowest BCUT2D eigenvalue weighted by Crippen LogP contribution is -2.50. The normalized spacial score (nSPS) is 25.4. The Balaban J connectivity index is 1.58. The zero-order valence-electron chi connectivity index (χ0n) is 17.9. The molecule has 2 amide bonds. The van der Waals surface area contributed by atoms with Crippen molar-refractivity contribution in [3.05, 3.63) is 23.8 Å².